The number of anilines is 1. The number of ether oxygens (including phenoxy) is 1. The topological polar surface area (TPSA) is 44.8 Å². The molecule has 0 aromatic heterocycles. The van der Waals surface area contributed by atoms with Crippen LogP contribution in [0.3, 0.4) is 0 Å². The third-order valence-corrected chi connectivity index (χ3v) is 5.60. The third-order valence-electron chi connectivity index (χ3n) is 5.60. The van der Waals surface area contributed by atoms with Gasteiger partial charge in [-0.3, -0.25) is 9.69 Å². The number of piperazine rings is 1. The van der Waals surface area contributed by atoms with Gasteiger partial charge in [-0.15, -0.1) is 0 Å². The highest BCUT2D eigenvalue weighted by molar-refractivity contribution is 5.94. The molecule has 1 N–H and O–H groups in total. The van der Waals surface area contributed by atoms with Crippen molar-refractivity contribution in [3.8, 4) is 0 Å². The van der Waals surface area contributed by atoms with E-state index in [0.717, 1.165) is 56.9 Å². The number of hydrogen-bond donors (Lipinski definition) is 1. The first kappa shape index (κ1) is 19.1. The Morgan fingerprint density at radius 2 is 1.64 bits per heavy atom. The highest BCUT2D eigenvalue weighted by Gasteiger charge is 2.25. The Kier molecular flexibility index (Phi) is 6.37. The molecule has 0 aliphatic carbocycles. The van der Waals surface area contributed by atoms with Gasteiger partial charge in [-0.1, -0.05) is 48.5 Å². The molecular formula is C23H29N3O2. The predicted octanol–water partition coefficient (Wildman–Crippen LogP) is 3.29. The van der Waals surface area contributed by atoms with Crippen LogP contribution < -0.4 is 5.32 Å². The fourth-order valence-electron chi connectivity index (χ4n) is 4.05. The Morgan fingerprint density at radius 3 is 2.46 bits per heavy atom. The van der Waals surface area contributed by atoms with Crippen LogP contribution in [0.2, 0.25) is 0 Å². The summed E-state index contributed by atoms with van der Waals surface area (Å²) in [6.07, 6.45) is 1.29. The molecule has 1 saturated heterocycles. The molecular weight excluding hydrogens is 350 g/mol. The van der Waals surface area contributed by atoms with E-state index in [1.807, 2.05) is 24.3 Å². The normalized spacial score (nSPS) is 20.6. The summed E-state index contributed by atoms with van der Waals surface area (Å²) < 4.78 is 6.07. The summed E-state index contributed by atoms with van der Waals surface area (Å²) in [4.78, 5) is 16.9. The number of amides is 1. The standard InChI is InChI=1S/C23H29N3O2/c27-23-17-22(20-9-4-5-10-21(20)24-23)28-16-6-11-25-12-14-26(15-13-25)18-19-7-2-1-3-8-19/h1-5,7-10,22H,6,11-18H2,(H,24,27). The second-order valence-electron chi connectivity index (χ2n) is 7.66. The lowest BCUT2D eigenvalue weighted by molar-refractivity contribution is -0.119. The van der Waals surface area contributed by atoms with Gasteiger partial charge in [0, 0.05) is 57.1 Å². The lowest BCUT2D eigenvalue weighted by Gasteiger charge is -2.34. The molecule has 5 nitrogen and oxygen atoms in total. The number of hydrogen-bond acceptors (Lipinski definition) is 4. The van der Waals surface area contributed by atoms with Gasteiger partial charge in [0.05, 0.1) is 12.5 Å². The first-order chi connectivity index (χ1) is 13.8. The van der Waals surface area contributed by atoms with E-state index in [1.54, 1.807) is 0 Å². The van der Waals surface area contributed by atoms with Gasteiger partial charge in [-0.2, -0.15) is 0 Å². The number of para-hydroxylation sites is 1. The zero-order valence-corrected chi connectivity index (χ0v) is 16.3. The summed E-state index contributed by atoms with van der Waals surface area (Å²) >= 11 is 0. The van der Waals surface area contributed by atoms with E-state index >= 15 is 0 Å². The Balaban J connectivity index is 1.16. The molecule has 0 radical (unpaired) electrons. The molecule has 2 aromatic rings. The first-order valence-corrected chi connectivity index (χ1v) is 10.3. The number of carbonyl (C=O) groups excluding carboxylic acids is 1. The lowest BCUT2D eigenvalue weighted by Crippen LogP contribution is -2.46. The fraction of sp³-hybridized carbons (Fsp3) is 0.435. The van der Waals surface area contributed by atoms with Crippen LogP contribution in [0.15, 0.2) is 54.6 Å². The van der Waals surface area contributed by atoms with E-state index in [9.17, 15) is 4.79 Å². The average Bonchev–Trinajstić information content (AvgIpc) is 2.73. The Labute approximate surface area is 167 Å². The van der Waals surface area contributed by atoms with Gasteiger partial charge in [0.25, 0.3) is 0 Å². The van der Waals surface area contributed by atoms with Gasteiger partial charge < -0.3 is 15.0 Å². The number of benzene rings is 2. The minimum absolute atomic E-state index is 0.0400. The van der Waals surface area contributed by atoms with E-state index in [0.29, 0.717) is 13.0 Å². The molecule has 1 amide bonds. The van der Waals surface area contributed by atoms with E-state index in [4.69, 9.17) is 4.74 Å². The lowest BCUT2D eigenvalue weighted by atomic mass is 10.00. The van der Waals surface area contributed by atoms with Crippen LogP contribution in [0.5, 0.6) is 0 Å². The van der Waals surface area contributed by atoms with E-state index in [2.05, 4.69) is 45.4 Å². The van der Waals surface area contributed by atoms with Crippen molar-refractivity contribution in [1.82, 2.24) is 9.80 Å². The summed E-state index contributed by atoms with van der Waals surface area (Å²) in [5, 5.41) is 2.92. The molecule has 2 aliphatic heterocycles. The van der Waals surface area contributed by atoms with Crippen molar-refractivity contribution in [3.05, 3.63) is 65.7 Å². The molecule has 5 heteroatoms. The molecule has 2 aliphatic rings. The molecule has 0 spiro atoms. The quantitative estimate of drug-likeness (QED) is 0.750. The van der Waals surface area contributed by atoms with Gasteiger partial charge in [0.2, 0.25) is 5.91 Å². The number of fused-ring (bicyclic) bond motifs is 1. The predicted molar refractivity (Wildman–Crippen MR) is 111 cm³/mol. The van der Waals surface area contributed by atoms with Crippen LogP contribution in [0.1, 0.15) is 30.1 Å². The van der Waals surface area contributed by atoms with E-state index < -0.39 is 0 Å². The van der Waals surface area contributed by atoms with Crippen LogP contribution in [0.25, 0.3) is 0 Å². The van der Waals surface area contributed by atoms with Crippen molar-refractivity contribution in [2.75, 3.05) is 44.6 Å². The summed E-state index contributed by atoms with van der Waals surface area (Å²) in [5.41, 5.74) is 3.37. The Bertz CT molecular complexity index is 772. The molecule has 0 saturated carbocycles. The van der Waals surface area contributed by atoms with Crippen molar-refractivity contribution >= 4 is 11.6 Å². The maximum Gasteiger partial charge on any atom is 0.227 e. The summed E-state index contributed by atoms with van der Waals surface area (Å²) in [7, 11) is 0. The molecule has 1 unspecified atom stereocenters. The SMILES string of the molecule is O=C1CC(OCCCN2CCN(Cc3ccccc3)CC2)c2ccccc2N1. The summed E-state index contributed by atoms with van der Waals surface area (Å²) in [6, 6.07) is 18.6. The summed E-state index contributed by atoms with van der Waals surface area (Å²) in [6.45, 7) is 7.25. The Morgan fingerprint density at radius 1 is 0.929 bits per heavy atom. The molecule has 148 valence electrons. The van der Waals surface area contributed by atoms with Crippen LogP contribution in [0, 0.1) is 0 Å². The van der Waals surface area contributed by atoms with Crippen LogP contribution in [0.4, 0.5) is 5.69 Å². The van der Waals surface area contributed by atoms with Crippen molar-refractivity contribution in [3.63, 3.8) is 0 Å². The largest absolute Gasteiger partial charge is 0.373 e. The minimum Gasteiger partial charge on any atom is -0.373 e. The molecule has 28 heavy (non-hydrogen) atoms. The number of rotatable bonds is 7. The summed E-state index contributed by atoms with van der Waals surface area (Å²) in [5.74, 6) is 0.0400. The second kappa shape index (κ2) is 9.32. The third kappa shape index (κ3) is 4.98. The molecule has 1 atom stereocenters. The maximum absolute atomic E-state index is 11.9. The van der Waals surface area contributed by atoms with Crippen LogP contribution in [-0.4, -0.2) is 55.0 Å². The van der Waals surface area contributed by atoms with Crippen molar-refractivity contribution in [2.45, 2.75) is 25.5 Å². The molecule has 2 heterocycles. The fourth-order valence-corrected chi connectivity index (χ4v) is 4.05. The van der Waals surface area contributed by atoms with Gasteiger partial charge in [0.1, 0.15) is 0 Å². The molecule has 2 aromatic carbocycles. The van der Waals surface area contributed by atoms with Gasteiger partial charge in [-0.05, 0) is 18.1 Å². The molecule has 0 bridgehead atoms. The zero-order chi connectivity index (χ0) is 19.2. The second-order valence-corrected chi connectivity index (χ2v) is 7.66. The monoisotopic (exact) mass is 379 g/mol. The van der Waals surface area contributed by atoms with E-state index in [-0.39, 0.29) is 12.0 Å². The smallest absolute Gasteiger partial charge is 0.227 e. The first-order valence-electron chi connectivity index (χ1n) is 10.3. The van der Waals surface area contributed by atoms with Crippen molar-refractivity contribution in [1.29, 1.82) is 0 Å². The molecule has 1 fully saturated rings. The van der Waals surface area contributed by atoms with Crippen molar-refractivity contribution in [2.24, 2.45) is 0 Å². The van der Waals surface area contributed by atoms with Gasteiger partial charge in [0.15, 0.2) is 0 Å². The van der Waals surface area contributed by atoms with Crippen molar-refractivity contribution < 1.29 is 9.53 Å². The zero-order valence-electron chi connectivity index (χ0n) is 16.3. The number of nitrogens with zero attached hydrogens (tertiary/aromatic N) is 2. The number of carbonyl (C=O) groups is 1. The minimum atomic E-state index is -0.118. The highest BCUT2D eigenvalue weighted by Crippen LogP contribution is 2.32. The highest BCUT2D eigenvalue weighted by atomic mass is 16.5. The number of nitrogens with one attached hydrogen (secondary N) is 1. The van der Waals surface area contributed by atoms with Crippen LogP contribution in [-0.2, 0) is 16.1 Å². The van der Waals surface area contributed by atoms with Gasteiger partial charge in [-0.25, -0.2) is 0 Å². The Hall–Kier alpha value is -2.21. The van der Waals surface area contributed by atoms with Gasteiger partial charge >= 0.3 is 0 Å². The van der Waals surface area contributed by atoms with Crippen LogP contribution >= 0.6 is 0 Å². The molecule has 4 rings (SSSR count). The maximum atomic E-state index is 11.9. The average molecular weight is 380 g/mol. The van der Waals surface area contributed by atoms with E-state index in [1.165, 1.54) is 5.56 Å².